The van der Waals surface area contributed by atoms with E-state index in [9.17, 15) is 19.2 Å². The van der Waals surface area contributed by atoms with Gasteiger partial charge in [0.2, 0.25) is 0 Å². The Labute approximate surface area is 183 Å². The fraction of sp³-hybridized carbons (Fsp3) is 0.227. The van der Waals surface area contributed by atoms with E-state index < -0.39 is 11.9 Å². The van der Waals surface area contributed by atoms with Gasteiger partial charge in [-0.15, -0.1) is 0 Å². The summed E-state index contributed by atoms with van der Waals surface area (Å²) in [6.45, 7) is 1.94. The van der Waals surface area contributed by atoms with Crippen molar-refractivity contribution in [1.29, 1.82) is 0 Å². The maximum absolute atomic E-state index is 12.7. The number of carbonyl (C=O) groups is 4. The quantitative estimate of drug-likeness (QED) is 0.395. The molecule has 10 heteroatoms. The maximum atomic E-state index is 12.7. The molecule has 10 nitrogen and oxygen atoms in total. The van der Waals surface area contributed by atoms with E-state index in [-0.39, 0.29) is 11.8 Å². The highest BCUT2D eigenvalue weighted by atomic mass is 16.4. The van der Waals surface area contributed by atoms with Crippen molar-refractivity contribution in [2.45, 2.75) is 19.8 Å². The molecule has 0 atom stereocenters. The highest BCUT2D eigenvalue weighted by Gasteiger charge is 2.19. The number of carbonyl (C=O) groups excluding carboxylic acids is 2. The number of hydrogen-bond donors (Lipinski definition) is 3. The van der Waals surface area contributed by atoms with Crippen molar-refractivity contribution in [2.24, 2.45) is 0 Å². The van der Waals surface area contributed by atoms with Gasteiger partial charge in [0, 0.05) is 55.5 Å². The molecular formula is C22H24N4O6. The van der Waals surface area contributed by atoms with Crippen LogP contribution < -0.4 is 0 Å². The zero-order chi connectivity index (χ0) is 23.8. The number of aromatic amines is 1. The normalized spacial score (nSPS) is 10.6. The lowest BCUT2D eigenvalue weighted by molar-refractivity contribution is -0.134. The first-order valence-corrected chi connectivity index (χ1v) is 9.59. The number of imidazole rings is 1. The Morgan fingerprint density at radius 3 is 2.25 bits per heavy atom. The molecule has 0 radical (unpaired) electrons. The molecule has 32 heavy (non-hydrogen) atoms. The molecule has 168 valence electrons. The van der Waals surface area contributed by atoms with E-state index in [1.54, 1.807) is 26.6 Å². The summed E-state index contributed by atoms with van der Waals surface area (Å²) >= 11 is 0. The van der Waals surface area contributed by atoms with Gasteiger partial charge in [-0.25, -0.2) is 19.4 Å². The van der Waals surface area contributed by atoms with Crippen molar-refractivity contribution >= 4 is 34.7 Å². The van der Waals surface area contributed by atoms with Crippen LogP contribution in [0.4, 0.5) is 4.79 Å². The number of fused-ring (bicyclic) bond motifs is 1. The molecule has 0 aliphatic carbocycles. The summed E-state index contributed by atoms with van der Waals surface area (Å²) in [5.41, 5.74) is 3.20. The second-order valence-electron chi connectivity index (χ2n) is 7.01. The van der Waals surface area contributed by atoms with Crippen molar-refractivity contribution in [3.8, 4) is 0 Å². The minimum atomic E-state index is -1.26. The lowest BCUT2D eigenvalue weighted by atomic mass is 10.0. The molecule has 3 N–H and O–H groups in total. The molecule has 0 unspecified atom stereocenters. The van der Waals surface area contributed by atoms with Gasteiger partial charge in [-0.3, -0.25) is 9.36 Å². The van der Waals surface area contributed by atoms with Crippen LogP contribution in [0, 0.1) is 6.92 Å². The van der Waals surface area contributed by atoms with Crippen molar-refractivity contribution in [1.82, 2.24) is 19.4 Å². The molecule has 1 amide bonds. The summed E-state index contributed by atoms with van der Waals surface area (Å²) in [6.07, 6.45) is 5.33. The molecule has 0 saturated carbocycles. The first kappa shape index (κ1) is 24.1. The van der Waals surface area contributed by atoms with Crippen LogP contribution in [-0.4, -0.2) is 67.5 Å². The third-order valence-corrected chi connectivity index (χ3v) is 4.49. The Kier molecular flexibility index (Phi) is 8.05. The van der Waals surface area contributed by atoms with Crippen molar-refractivity contribution in [2.75, 3.05) is 14.1 Å². The van der Waals surface area contributed by atoms with Gasteiger partial charge in [-0.1, -0.05) is 18.2 Å². The minimum absolute atomic E-state index is 0.0129. The van der Waals surface area contributed by atoms with E-state index in [0.717, 1.165) is 22.3 Å². The van der Waals surface area contributed by atoms with Crippen LogP contribution in [-0.2, 0) is 16.0 Å². The Bertz CT molecular complexity index is 1160. The average Bonchev–Trinajstić information content (AvgIpc) is 3.34. The Morgan fingerprint density at radius 2 is 1.72 bits per heavy atom. The molecular weight excluding hydrogens is 416 g/mol. The zero-order valence-corrected chi connectivity index (χ0v) is 17.9. The number of hydrogen-bond acceptors (Lipinski definition) is 5. The summed E-state index contributed by atoms with van der Waals surface area (Å²) in [6, 6.07) is 7.30. The summed E-state index contributed by atoms with van der Waals surface area (Å²) in [7, 11) is 3.39. The molecule has 0 spiro atoms. The molecule has 2 heterocycles. The van der Waals surface area contributed by atoms with E-state index in [2.05, 4.69) is 9.97 Å². The van der Waals surface area contributed by atoms with Crippen molar-refractivity contribution in [3.63, 3.8) is 0 Å². The summed E-state index contributed by atoms with van der Waals surface area (Å²) in [5.74, 6) is -2.50. The molecule has 0 bridgehead atoms. The number of nitrogens with one attached hydrogen (secondary N) is 1. The second kappa shape index (κ2) is 10.7. The molecule has 0 aliphatic heterocycles. The highest BCUT2D eigenvalue weighted by molar-refractivity contribution is 6.10. The van der Waals surface area contributed by atoms with Gasteiger partial charge >= 0.3 is 18.0 Å². The third kappa shape index (κ3) is 6.14. The number of aryl methyl sites for hydroxylation is 2. The molecule has 0 saturated heterocycles. The fourth-order valence-electron chi connectivity index (χ4n) is 2.92. The monoisotopic (exact) mass is 440 g/mol. The molecule has 1 aromatic carbocycles. The van der Waals surface area contributed by atoms with Gasteiger partial charge in [0.25, 0.3) is 0 Å². The number of ketones is 1. The molecule has 2 aromatic heterocycles. The van der Waals surface area contributed by atoms with Gasteiger partial charge in [-0.2, -0.15) is 0 Å². The smallest absolute Gasteiger partial charge is 0.328 e. The van der Waals surface area contributed by atoms with E-state index >= 15 is 0 Å². The Morgan fingerprint density at radius 1 is 1.09 bits per heavy atom. The maximum Gasteiger partial charge on any atom is 0.328 e. The number of carboxylic acids is 2. The topological polar surface area (TPSA) is 146 Å². The minimum Gasteiger partial charge on any atom is -0.478 e. The number of amides is 1. The van der Waals surface area contributed by atoms with Crippen LogP contribution in [0.1, 0.15) is 28.2 Å². The van der Waals surface area contributed by atoms with Gasteiger partial charge in [0.15, 0.2) is 5.78 Å². The van der Waals surface area contributed by atoms with E-state index in [4.69, 9.17) is 10.2 Å². The predicted octanol–water partition coefficient (Wildman–Crippen LogP) is 2.73. The van der Waals surface area contributed by atoms with E-state index in [1.165, 1.54) is 9.47 Å². The molecule has 0 aliphatic rings. The van der Waals surface area contributed by atoms with Crippen LogP contribution in [0.5, 0.6) is 0 Å². The first-order chi connectivity index (χ1) is 15.1. The van der Waals surface area contributed by atoms with Crippen LogP contribution >= 0.6 is 0 Å². The molecule has 3 aromatic rings. The first-order valence-electron chi connectivity index (χ1n) is 9.59. The van der Waals surface area contributed by atoms with Crippen molar-refractivity contribution in [3.05, 3.63) is 65.9 Å². The van der Waals surface area contributed by atoms with Gasteiger partial charge in [-0.05, 0) is 19.4 Å². The van der Waals surface area contributed by atoms with Crippen LogP contribution in [0.2, 0.25) is 0 Å². The zero-order valence-electron chi connectivity index (χ0n) is 17.9. The number of rotatable bonds is 6. The summed E-state index contributed by atoms with van der Waals surface area (Å²) < 4.78 is 1.53. The molecule has 3 rings (SSSR count). The number of para-hydroxylation sites is 1. The van der Waals surface area contributed by atoms with Crippen LogP contribution in [0.3, 0.4) is 0 Å². The Hall–Kier alpha value is -4.21. The second-order valence-corrected chi connectivity index (χ2v) is 7.01. The van der Waals surface area contributed by atoms with E-state index in [0.29, 0.717) is 30.6 Å². The third-order valence-electron chi connectivity index (χ3n) is 4.49. The SMILES string of the molecule is Cc1[nH]cnc1CCC(=O)c1cn(C(=O)N(C)C)c2ccccc12.O=C(O)/C=C\C(=O)O. The van der Waals surface area contributed by atoms with Gasteiger partial charge < -0.3 is 20.1 Å². The largest absolute Gasteiger partial charge is 0.478 e. The highest BCUT2D eigenvalue weighted by Crippen LogP contribution is 2.23. The number of nitrogens with zero attached hydrogens (tertiary/aromatic N) is 3. The van der Waals surface area contributed by atoms with Crippen molar-refractivity contribution < 1.29 is 29.4 Å². The van der Waals surface area contributed by atoms with Crippen LogP contribution in [0.25, 0.3) is 10.9 Å². The number of carboxylic acid groups (broad SMARTS) is 2. The number of Topliss-reactive ketones (excluding diaryl/α,β-unsaturated/α-hetero) is 1. The number of aromatic nitrogens is 3. The lowest BCUT2D eigenvalue weighted by Gasteiger charge is -2.11. The average molecular weight is 440 g/mol. The lowest BCUT2D eigenvalue weighted by Crippen LogP contribution is -2.26. The van der Waals surface area contributed by atoms with Crippen LogP contribution in [0.15, 0.2) is 48.9 Å². The number of aliphatic carboxylic acids is 2. The Balaban J connectivity index is 0.000000390. The van der Waals surface area contributed by atoms with E-state index in [1.807, 2.05) is 31.2 Å². The standard InChI is InChI=1S/C18H20N4O2.C4H4O4/c1-12-15(20-11-19-12)8-9-17(23)14-10-22(18(24)21(2)3)16-7-5-4-6-13(14)16;5-3(6)1-2-4(7)8/h4-7,10-11H,8-9H2,1-3H3,(H,19,20);1-2H,(H,5,6)(H,7,8)/b;2-1-. The number of H-pyrrole nitrogens is 1. The molecule has 0 fully saturated rings. The fourth-order valence-corrected chi connectivity index (χ4v) is 2.92. The van der Waals surface area contributed by atoms with Gasteiger partial charge in [0.05, 0.1) is 17.5 Å². The summed E-state index contributed by atoms with van der Waals surface area (Å²) in [4.78, 5) is 52.9. The predicted molar refractivity (Wildman–Crippen MR) is 117 cm³/mol. The summed E-state index contributed by atoms with van der Waals surface area (Å²) in [5, 5.41) is 16.4. The van der Waals surface area contributed by atoms with Gasteiger partial charge in [0.1, 0.15) is 0 Å². The number of benzene rings is 1.